The van der Waals surface area contributed by atoms with Gasteiger partial charge in [0, 0.05) is 0 Å². The van der Waals surface area contributed by atoms with Gasteiger partial charge in [0.15, 0.2) is 0 Å². The lowest BCUT2D eigenvalue weighted by molar-refractivity contribution is -0.384. The summed E-state index contributed by atoms with van der Waals surface area (Å²) in [5.41, 5.74) is -0.122. The normalized spacial score (nSPS) is 15.6. The molecule has 2 N–H and O–H groups in total. The van der Waals surface area contributed by atoms with Crippen molar-refractivity contribution in [3.63, 3.8) is 0 Å². The van der Waals surface area contributed by atoms with Crippen molar-refractivity contribution < 1.29 is 24.4 Å². The summed E-state index contributed by atoms with van der Waals surface area (Å²) in [6, 6.07) is 4.28. The van der Waals surface area contributed by atoms with E-state index in [1.54, 1.807) is 13.0 Å². The third kappa shape index (κ3) is 5.15. The summed E-state index contributed by atoms with van der Waals surface area (Å²) in [7, 11) is 0. The van der Waals surface area contributed by atoms with E-state index >= 15 is 0 Å². The molecule has 1 aromatic carbocycles. The van der Waals surface area contributed by atoms with E-state index < -0.39 is 10.9 Å². The van der Waals surface area contributed by atoms with Crippen LogP contribution in [0.2, 0.25) is 0 Å². The SMILES string of the molecule is CCOc1ccc(NC(=O)CN2CCC(C(=O)O)CC2)c([N+](=O)[O-])c1. The van der Waals surface area contributed by atoms with E-state index in [0.29, 0.717) is 38.3 Å². The summed E-state index contributed by atoms with van der Waals surface area (Å²) in [5, 5.41) is 22.7. The summed E-state index contributed by atoms with van der Waals surface area (Å²) < 4.78 is 5.23. The zero-order valence-electron chi connectivity index (χ0n) is 13.9. The van der Waals surface area contributed by atoms with Crippen LogP contribution in [-0.4, -0.2) is 53.0 Å². The van der Waals surface area contributed by atoms with Crippen molar-refractivity contribution in [1.29, 1.82) is 0 Å². The molecule has 2 rings (SSSR count). The molecule has 0 aliphatic carbocycles. The first kappa shape index (κ1) is 18.7. The summed E-state index contributed by atoms with van der Waals surface area (Å²) in [4.78, 5) is 35.5. The molecule has 0 unspecified atom stereocenters. The van der Waals surface area contributed by atoms with Crippen LogP contribution in [0, 0.1) is 16.0 Å². The molecule has 0 aromatic heterocycles. The number of anilines is 1. The van der Waals surface area contributed by atoms with Crippen molar-refractivity contribution in [2.24, 2.45) is 5.92 Å². The van der Waals surface area contributed by atoms with Gasteiger partial charge in [0.25, 0.3) is 5.69 Å². The Labute approximate surface area is 144 Å². The largest absolute Gasteiger partial charge is 0.494 e. The molecule has 1 aromatic rings. The smallest absolute Gasteiger partial charge is 0.306 e. The molecule has 0 bridgehead atoms. The maximum Gasteiger partial charge on any atom is 0.306 e. The van der Waals surface area contributed by atoms with Crippen molar-refractivity contribution in [2.45, 2.75) is 19.8 Å². The van der Waals surface area contributed by atoms with E-state index in [9.17, 15) is 19.7 Å². The fourth-order valence-electron chi connectivity index (χ4n) is 2.76. The number of carbonyl (C=O) groups excluding carboxylic acids is 1. The van der Waals surface area contributed by atoms with Crippen LogP contribution in [0.1, 0.15) is 19.8 Å². The number of benzene rings is 1. The first-order valence-corrected chi connectivity index (χ1v) is 8.07. The Hall–Kier alpha value is -2.68. The van der Waals surface area contributed by atoms with Gasteiger partial charge in [-0.3, -0.25) is 24.6 Å². The average molecular weight is 351 g/mol. The number of nitrogens with zero attached hydrogens (tertiary/aromatic N) is 2. The molecule has 1 aliphatic rings. The van der Waals surface area contributed by atoms with E-state index in [1.807, 2.05) is 4.90 Å². The second-order valence-electron chi connectivity index (χ2n) is 5.81. The second kappa shape index (κ2) is 8.43. The highest BCUT2D eigenvalue weighted by Gasteiger charge is 2.26. The molecular weight excluding hydrogens is 330 g/mol. The number of nitro benzene ring substituents is 1. The molecule has 1 aliphatic heterocycles. The number of rotatable bonds is 7. The quantitative estimate of drug-likeness (QED) is 0.566. The third-order valence-electron chi connectivity index (χ3n) is 4.06. The van der Waals surface area contributed by atoms with Gasteiger partial charge in [0.05, 0.1) is 30.1 Å². The lowest BCUT2D eigenvalue weighted by Gasteiger charge is -2.29. The molecule has 1 heterocycles. The van der Waals surface area contributed by atoms with Gasteiger partial charge in [-0.2, -0.15) is 0 Å². The van der Waals surface area contributed by atoms with Gasteiger partial charge in [0.1, 0.15) is 11.4 Å². The monoisotopic (exact) mass is 351 g/mol. The van der Waals surface area contributed by atoms with Gasteiger partial charge in [-0.05, 0) is 45.0 Å². The highest BCUT2D eigenvalue weighted by molar-refractivity contribution is 5.94. The van der Waals surface area contributed by atoms with Crippen LogP contribution in [0.3, 0.4) is 0 Å². The first-order chi connectivity index (χ1) is 11.9. The Bertz CT molecular complexity index is 655. The summed E-state index contributed by atoms with van der Waals surface area (Å²) in [6.07, 6.45) is 0.984. The Morgan fingerprint density at radius 2 is 2.08 bits per heavy atom. The highest BCUT2D eigenvalue weighted by atomic mass is 16.6. The fourth-order valence-corrected chi connectivity index (χ4v) is 2.76. The Balaban J connectivity index is 1.96. The van der Waals surface area contributed by atoms with Gasteiger partial charge in [-0.1, -0.05) is 0 Å². The molecule has 1 amide bonds. The number of nitro groups is 1. The number of ether oxygens (including phenoxy) is 1. The second-order valence-corrected chi connectivity index (χ2v) is 5.81. The van der Waals surface area contributed by atoms with Crippen LogP contribution >= 0.6 is 0 Å². The number of hydrogen-bond acceptors (Lipinski definition) is 6. The molecule has 0 spiro atoms. The topological polar surface area (TPSA) is 122 Å². The maximum absolute atomic E-state index is 12.2. The van der Waals surface area contributed by atoms with Crippen LogP contribution in [0.15, 0.2) is 18.2 Å². The number of carboxylic acid groups (broad SMARTS) is 1. The number of carbonyl (C=O) groups is 2. The van der Waals surface area contributed by atoms with Crippen LogP contribution in [0.25, 0.3) is 0 Å². The standard InChI is InChI=1S/C16H21N3O6/c1-2-25-12-3-4-13(14(9-12)19(23)24)17-15(20)10-18-7-5-11(6-8-18)16(21)22/h3-4,9,11H,2,5-8,10H2,1H3,(H,17,20)(H,21,22). The molecular formula is C16H21N3O6. The van der Waals surface area contributed by atoms with Gasteiger partial charge in [0.2, 0.25) is 5.91 Å². The Morgan fingerprint density at radius 3 is 2.64 bits per heavy atom. The number of aliphatic carboxylic acids is 1. The number of nitrogens with one attached hydrogen (secondary N) is 1. The van der Waals surface area contributed by atoms with Crippen molar-refractivity contribution in [3.05, 3.63) is 28.3 Å². The maximum atomic E-state index is 12.2. The van der Waals surface area contributed by atoms with Gasteiger partial charge in [-0.25, -0.2) is 0 Å². The Kier molecular flexibility index (Phi) is 6.29. The summed E-state index contributed by atoms with van der Waals surface area (Å²) in [5.74, 6) is -1.19. The minimum absolute atomic E-state index is 0.0662. The number of piperidine rings is 1. The van der Waals surface area contributed by atoms with Crippen molar-refractivity contribution in [2.75, 3.05) is 31.6 Å². The summed E-state index contributed by atoms with van der Waals surface area (Å²) >= 11 is 0. The van der Waals surface area contributed by atoms with E-state index in [2.05, 4.69) is 5.32 Å². The average Bonchev–Trinajstić information content (AvgIpc) is 2.56. The van der Waals surface area contributed by atoms with Crippen molar-refractivity contribution in [3.8, 4) is 5.75 Å². The van der Waals surface area contributed by atoms with Crippen molar-refractivity contribution >= 4 is 23.3 Å². The molecule has 25 heavy (non-hydrogen) atoms. The number of amides is 1. The number of likely N-dealkylation sites (tertiary alicyclic amines) is 1. The van der Waals surface area contributed by atoms with Crippen LogP contribution in [-0.2, 0) is 9.59 Å². The Morgan fingerprint density at radius 1 is 1.40 bits per heavy atom. The molecule has 136 valence electrons. The molecule has 9 heteroatoms. The minimum Gasteiger partial charge on any atom is -0.494 e. The lowest BCUT2D eigenvalue weighted by Crippen LogP contribution is -2.40. The molecule has 9 nitrogen and oxygen atoms in total. The van der Waals surface area contributed by atoms with E-state index in [0.717, 1.165) is 0 Å². The minimum atomic E-state index is -0.811. The van der Waals surface area contributed by atoms with Gasteiger partial charge >= 0.3 is 5.97 Å². The molecule has 0 radical (unpaired) electrons. The van der Waals surface area contributed by atoms with E-state index in [-0.39, 0.29) is 29.7 Å². The molecule has 0 saturated carbocycles. The van der Waals surface area contributed by atoms with Gasteiger partial charge < -0.3 is 15.2 Å². The first-order valence-electron chi connectivity index (χ1n) is 8.07. The van der Waals surface area contributed by atoms with Crippen LogP contribution < -0.4 is 10.1 Å². The van der Waals surface area contributed by atoms with Gasteiger partial charge in [-0.15, -0.1) is 0 Å². The zero-order valence-corrected chi connectivity index (χ0v) is 13.9. The predicted molar refractivity (Wildman–Crippen MR) is 89.7 cm³/mol. The molecule has 1 fully saturated rings. The van der Waals surface area contributed by atoms with E-state index in [4.69, 9.17) is 9.84 Å². The number of carboxylic acids is 1. The van der Waals surface area contributed by atoms with Crippen LogP contribution in [0.5, 0.6) is 5.75 Å². The van der Waals surface area contributed by atoms with Crippen LogP contribution in [0.4, 0.5) is 11.4 Å². The zero-order chi connectivity index (χ0) is 18.4. The number of hydrogen-bond donors (Lipinski definition) is 2. The molecule has 0 atom stereocenters. The lowest BCUT2D eigenvalue weighted by atomic mass is 9.97. The highest BCUT2D eigenvalue weighted by Crippen LogP contribution is 2.29. The van der Waals surface area contributed by atoms with E-state index in [1.165, 1.54) is 12.1 Å². The molecule has 1 saturated heterocycles. The summed E-state index contributed by atoms with van der Waals surface area (Å²) in [6.45, 7) is 3.24. The van der Waals surface area contributed by atoms with Crippen molar-refractivity contribution in [1.82, 2.24) is 4.90 Å². The predicted octanol–water partition coefficient (Wildman–Crippen LogP) is 1.73. The fraction of sp³-hybridized carbons (Fsp3) is 0.500. The third-order valence-corrected chi connectivity index (χ3v) is 4.06.